The molecule has 0 unspecified atom stereocenters. The minimum Gasteiger partial charge on any atom is -0.444 e. The SMILES string of the molecule is CC(C)(C)OC(=O)N1CC(n2nc3c(c2N)CCNC3)C1. The van der Waals surface area contributed by atoms with Crippen molar-refractivity contribution >= 4 is 11.9 Å². The van der Waals surface area contributed by atoms with Gasteiger partial charge in [0.1, 0.15) is 11.4 Å². The molecule has 0 bridgehead atoms. The number of ether oxygens (including phenoxy) is 1. The highest BCUT2D eigenvalue weighted by molar-refractivity contribution is 5.69. The fraction of sp³-hybridized carbons (Fsp3) is 0.714. The summed E-state index contributed by atoms with van der Waals surface area (Å²) in [4.78, 5) is 13.6. The molecule has 7 nitrogen and oxygen atoms in total. The van der Waals surface area contributed by atoms with Gasteiger partial charge in [0.2, 0.25) is 0 Å². The summed E-state index contributed by atoms with van der Waals surface area (Å²) in [5, 5.41) is 7.88. The first-order valence-corrected chi connectivity index (χ1v) is 7.39. The van der Waals surface area contributed by atoms with Gasteiger partial charge in [-0.3, -0.25) is 0 Å². The van der Waals surface area contributed by atoms with Crippen LogP contribution in [-0.2, 0) is 17.7 Å². The normalized spacial score (nSPS) is 19.1. The third-order valence-corrected chi connectivity index (χ3v) is 3.84. The molecule has 1 aromatic heterocycles. The number of nitrogens with two attached hydrogens (primary N) is 1. The van der Waals surface area contributed by atoms with Gasteiger partial charge in [0, 0.05) is 25.2 Å². The van der Waals surface area contributed by atoms with Gasteiger partial charge < -0.3 is 20.7 Å². The zero-order valence-electron chi connectivity index (χ0n) is 12.8. The van der Waals surface area contributed by atoms with Gasteiger partial charge in [-0.1, -0.05) is 0 Å². The molecule has 3 heterocycles. The van der Waals surface area contributed by atoms with E-state index in [1.54, 1.807) is 4.90 Å². The second-order valence-corrected chi connectivity index (χ2v) is 6.72. The molecule has 21 heavy (non-hydrogen) atoms. The molecule has 0 aliphatic carbocycles. The van der Waals surface area contributed by atoms with Crippen molar-refractivity contribution in [2.45, 2.75) is 45.4 Å². The van der Waals surface area contributed by atoms with E-state index in [2.05, 4.69) is 10.4 Å². The number of aromatic nitrogens is 2. The summed E-state index contributed by atoms with van der Waals surface area (Å²) in [6, 6.07) is 0.156. The maximum atomic E-state index is 11.9. The molecule has 1 aromatic rings. The number of hydrogen-bond acceptors (Lipinski definition) is 5. The van der Waals surface area contributed by atoms with Crippen LogP contribution in [-0.4, -0.2) is 46.0 Å². The lowest BCUT2D eigenvalue weighted by Gasteiger charge is -2.39. The number of carbonyl (C=O) groups is 1. The number of amides is 1. The lowest BCUT2D eigenvalue weighted by molar-refractivity contribution is -0.000153. The average molecular weight is 293 g/mol. The molecular formula is C14H23N5O2. The Morgan fingerprint density at radius 2 is 2.14 bits per heavy atom. The first-order valence-electron chi connectivity index (χ1n) is 7.39. The Morgan fingerprint density at radius 1 is 1.43 bits per heavy atom. The number of fused-ring (bicyclic) bond motifs is 1. The molecule has 0 atom stereocenters. The van der Waals surface area contributed by atoms with Gasteiger partial charge in [-0.05, 0) is 33.7 Å². The minimum absolute atomic E-state index is 0.156. The van der Waals surface area contributed by atoms with E-state index in [-0.39, 0.29) is 12.1 Å². The monoisotopic (exact) mass is 293 g/mol. The van der Waals surface area contributed by atoms with E-state index in [4.69, 9.17) is 10.5 Å². The van der Waals surface area contributed by atoms with Crippen LogP contribution in [0.5, 0.6) is 0 Å². The van der Waals surface area contributed by atoms with Crippen molar-refractivity contribution in [3.05, 3.63) is 11.3 Å². The molecule has 2 aliphatic heterocycles. The fourth-order valence-corrected chi connectivity index (χ4v) is 2.73. The summed E-state index contributed by atoms with van der Waals surface area (Å²) < 4.78 is 7.23. The van der Waals surface area contributed by atoms with E-state index in [1.807, 2.05) is 25.5 Å². The van der Waals surface area contributed by atoms with Gasteiger partial charge in [0.25, 0.3) is 0 Å². The summed E-state index contributed by atoms with van der Waals surface area (Å²) >= 11 is 0. The van der Waals surface area contributed by atoms with Crippen LogP contribution in [0.25, 0.3) is 0 Å². The van der Waals surface area contributed by atoms with Crippen molar-refractivity contribution in [2.75, 3.05) is 25.4 Å². The summed E-state index contributed by atoms with van der Waals surface area (Å²) in [5.74, 6) is 0.750. The van der Waals surface area contributed by atoms with Gasteiger partial charge in [-0.25, -0.2) is 9.48 Å². The Balaban J connectivity index is 1.64. The first kappa shape index (κ1) is 14.2. The van der Waals surface area contributed by atoms with E-state index >= 15 is 0 Å². The van der Waals surface area contributed by atoms with Crippen molar-refractivity contribution < 1.29 is 9.53 Å². The highest BCUT2D eigenvalue weighted by Gasteiger charge is 2.37. The standard InChI is InChI=1S/C14H23N5O2/c1-14(2,3)21-13(20)18-7-9(8-18)19-12(15)10-4-5-16-6-11(10)17-19/h9,16H,4-8,15H2,1-3H3. The van der Waals surface area contributed by atoms with Crippen LogP contribution >= 0.6 is 0 Å². The van der Waals surface area contributed by atoms with Crippen LogP contribution in [0.1, 0.15) is 38.1 Å². The molecule has 0 saturated carbocycles. The Morgan fingerprint density at radius 3 is 2.76 bits per heavy atom. The molecule has 3 N–H and O–H groups in total. The topological polar surface area (TPSA) is 85.4 Å². The lowest BCUT2D eigenvalue weighted by atomic mass is 10.1. The summed E-state index contributed by atoms with van der Waals surface area (Å²) in [5.41, 5.74) is 7.93. The smallest absolute Gasteiger partial charge is 0.410 e. The van der Waals surface area contributed by atoms with E-state index in [0.717, 1.165) is 36.6 Å². The molecule has 0 spiro atoms. The van der Waals surface area contributed by atoms with Crippen molar-refractivity contribution in [3.8, 4) is 0 Å². The number of nitrogens with zero attached hydrogens (tertiary/aromatic N) is 3. The maximum absolute atomic E-state index is 11.9. The van der Waals surface area contributed by atoms with Crippen LogP contribution in [0.2, 0.25) is 0 Å². The fourth-order valence-electron chi connectivity index (χ4n) is 2.73. The van der Waals surface area contributed by atoms with E-state index < -0.39 is 5.60 Å². The second-order valence-electron chi connectivity index (χ2n) is 6.72. The van der Waals surface area contributed by atoms with Crippen LogP contribution in [0.15, 0.2) is 0 Å². The Hall–Kier alpha value is -1.76. The number of carbonyl (C=O) groups excluding carboxylic acids is 1. The zero-order valence-corrected chi connectivity index (χ0v) is 12.8. The molecule has 1 saturated heterocycles. The van der Waals surface area contributed by atoms with Crippen molar-refractivity contribution in [3.63, 3.8) is 0 Å². The van der Waals surface area contributed by atoms with Gasteiger partial charge in [-0.15, -0.1) is 0 Å². The highest BCUT2D eigenvalue weighted by atomic mass is 16.6. The summed E-state index contributed by atoms with van der Waals surface area (Å²) in [6.45, 7) is 8.53. The summed E-state index contributed by atoms with van der Waals surface area (Å²) in [7, 11) is 0. The van der Waals surface area contributed by atoms with Crippen molar-refractivity contribution in [1.82, 2.24) is 20.0 Å². The van der Waals surface area contributed by atoms with Gasteiger partial charge in [-0.2, -0.15) is 5.10 Å². The van der Waals surface area contributed by atoms with Crippen molar-refractivity contribution in [2.24, 2.45) is 0 Å². The van der Waals surface area contributed by atoms with Gasteiger partial charge >= 0.3 is 6.09 Å². The third-order valence-electron chi connectivity index (χ3n) is 3.84. The Kier molecular flexibility index (Phi) is 3.32. The average Bonchev–Trinajstić information content (AvgIpc) is 2.64. The quantitative estimate of drug-likeness (QED) is 0.803. The van der Waals surface area contributed by atoms with E-state index in [9.17, 15) is 4.79 Å². The maximum Gasteiger partial charge on any atom is 0.410 e. The van der Waals surface area contributed by atoms with Crippen LogP contribution in [0, 0.1) is 0 Å². The van der Waals surface area contributed by atoms with E-state index in [1.165, 1.54) is 0 Å². The predicted octanol–water partition coefficient (Wildman–Crippen LogP) is 0.903. The first-order chi connectivity index (χ1) is 9.85. The van der Waals surface area contributed by atoms with Crippen LogP contribution in [0.3, 0.4) is 0 Å². The molecule has 116 valence electrons. The zero-order chi connectivity index (χ0) is 15.2. The highest BCUT2D eigenvalue weighted by Crippen LogP contribution is 2.29. The summed E-state index contributed by atoms with van der Waals surface area (Å²) in [6.07, 6.45) is 0.653. The molecule has 3 rings (SSSR count). The molecule has 0 radical (unpaired) electrons. The molecular weight excluding hydrogens is 270 g/mol. The molecule has 0 aromatic carbocycles. The number of nitrogen functional groups attached to an aromatic ring is 1. The molecule has 2 aliphatic rings. The van der Waals surface area contributed by atoms with Crippen LogP contribution < -0.4 is 11.1 Å². The largest absolute Gasteiger partial charge is 0.444 e. The lowest BCUT2D eigenvalue weighted by Crippen LogP contribution is -2.52. The molecule has 1 amide bonds. The number of likely N-dealkylation sites (tertiary alicyclic amines) is 1. The van der Waals surface area contributed by atoms with Crippen LogP contribution in [0.4, 0.5) is 10.6 Å². The number of anilines is 1. The Labute approximate surface area is 124 Å². The number of hydrogen-bond donors (Lipinski definition) is 2. The van der Waals surface area contributed by atoms with Crippen molar-refractivity contribution in [1.29, 1.82) is 0 Å². The third kappa shape index (κ3) is 2.70. The van der Waals surface area contributed by atoms with E-state index in [0.29, 0.717) is 13.1 Å². The number of nitrogens with one attached hydrogen (secondary N) is 1. The second kappa shape index (κ2) is 4.91. The molecule has 1 fully saturated rings. The Bertz CT molecular complexity index is 554. The van der Waals surface area contributed by atoms with Gasteiger partial charge in [0.15, 0.2) is 0 Å². The molecule has 7 heteroatoms. The number of rotatable bonds is 1. The van der Waals surface area contributed by atoms with Gasteiger partial charge in [0.05, 0.1) is 11.7 Å². The predicted molar refractivity (Wildman–Crippen MR) is 78.9 cm³/mol. The minimum atomic E-state index is -0.461.